The van der Waals surface area contributed by atoms with Crippen molar-refractivity contribution in [1.29, 1.82) is 0 Å². The molecule has 0 aliphatic heterocycles. The Hall–Kier alpha value is -2.88. The number of carbonyl (C=O) groups is 1. The van der Waals surface area contributed by atoms with Gasteiger partial charge in [0, 0.05) is 30.9 Å². The molecular formula is C18H16N2O2. The number of rotatable bonds is 4. The van der Waals surface area contributed by atoms with Crippen LogP contribution in [-0.2, 0) is 0 Å². The van der Waals surface area contributed by atoms with Gasteiger partial charge in [0.1, 0.15) is 0 Å². The van der Waals surface area contributed by atoms with Crippen LogP contribution in [0.2, 0.25) is 0 Å². The molecule has 0 atom stereocenters. The van der Waals surface area contributed by atoms with Crippen molar-refractivity contribution in [1.82, 2.24) is 4.98 Å². The van der Waals surface area contributed by atoms with Gasteiger partial charge in [-0.1, -0.05) is 18.2 Å². The van der Waals surface area contributed by atoms with E-state index in [1.54, 1.807) is 0 Å². The molecule has 4 nitrogen and oxygen atoms in total. The molecule has 0 aliphatic rings. The van der Waals surface area contributed by atoms with Gasteiger partial charge >= 0.3 is 0 Å². The van der Waals surface area contributed by atoms with E-state index in [1.165, 1.54) is 0 Å². The molecule has 0 saturated heterocycles. The Morgan fingerprint density at radius 2 is 1.64 bits per heavy atom. The summed E-state index contributed by atoms with van der Waals surface area (Å²) in [6.07, 6.45) is 0.727. The average molecular weight is 292 g/mol. The third kappa shape index (κ3) is 2.63. The molecular weight excluding hydrogens is 276 g/mol. The van der Waals surface area contributed by atoms with Crippen LogP contribution in [-0.4, -0.2) is 25.4 Å². The fourth-order valence-corrected chi connectivity index (χ4v) is 2.23. The molecule has 0 unspecified atom stereocenters. The SMILES string of the molecule is CN(C)c1ccc(-c2oc(-c3ccccc3)nc2C=O)cc1. The minimum absolute atomic E-state index is 0.316. The topological polar surface area (TPSA) is 46.3 Å². The fraction of sp³-hybridized carbons (Fsp3) is 0.111. The number of aldehydes is 1. The van der Waals surface area contributed by atoms with Crippen LogP contribution in [0.1, 0.15) is 10.5 Å². The van der Waals surface area contributed by atoms with Gasteiger partial charge < -0.3 is 9.32 Å². The van der Waals surface area contributed by atoms with Crippen molar-refractivity contribution in [3.05, 3.63) is 60.3 Å². The van der Waals surface area contributed by atoms with E-state index in [1.807, 2.05) is 73.6 Å². The molecule has 0 amide bonds. The van der Waals surface area contributed by atoms with Gasteiger partial charge in [-0.15, -0.1) is 0 Å². The lowest BCUT2D eigenvalue weighted by Crippen LogP contribution is -2.07. The summed E-state index contributed by atoms with van der Waals surface area (Å²) in [5.41, 5.74) is 3.08. The first-order valence-corrected chi connectivity index (χ1v) is 6.98. The van der Waals surface area contributed by atoms with Gasteiger partial charge in [-0.2, -0.15) is 0 Å². The molecule has 0 fully saturated rings. The Balaban J connectivity index is 2.03. The van der Waals surface area contributed by atoms with Gasteiger partial charge in [-0.05, 0) is 36.4 Å². The van der Waals surface area contributed by atoms with E-state index in [0.29, 0.717) is 17.3 Å². The van der Waals surface area contributed by atoms with Crippen LogP contribution < -0.4 is 4.90 Å². The molecule has 0 aliphatic carbocycles. The van der Waals surface area contributed by atoms with E-state index < -0.39 is 0 Å². The second kappa shape index (κ2) is 5.85. The summed E-state index contributed by atoms with van der Waals surface area (Å²) in [5.74, 6) is 0.952. The first-order valence-electron chi connectivity index (χ1n) is 6.98. The Morgan fingerprint density at radius 1 is 0.955 bits per heavy atom. The number of oxazole rings is 1. The molecule has 110 valence electrons. The quantitative estimate of drug-likeness (QED) is 0.684. The smallest absolute Gasteiger partial charge is 0.227 e. The second-order valence-corrected chi connectivity index (χ2v) is 5.16. The lowest BCUT2D eigenvalue weighted by molar-refractivity contribution is 0.112. The van der Waals surface area contributed by atoms with E-state index in [4.69, 9.17) is 4.42 Å². The summed E-state index contributed by atoms with van der Waals surface area (Å²) < 4.78 is 5.82. The normalized spacial score (nSPS) is 10.5. The molecule has 22 heavy (non-hydrogen) atoms. The fourth-order valence-electron chi connectivity index (χ4n) is 2.23. The van der Waals surface area contributed by atoms with Crippen LogP contribution in [0.4, 0.5) is 5.69 Å². The monoisotopic (exact) mass is 292 g/mol. The van der Waals surface area contributed by atoms with Crippen molar-refractivity contribution in [3.63, 3.8) is 0 Å². The van der Waals surface area contributed by atoms with E-state index in [-0.39, 0.29) is 0 Å². The van der Waals surface area contributed by atoms with Crippen LogP contribution in [0.5, 0.6) is 0 Å². The minimum Gasteiger partial charge on any atom is -0.435 e. The van der Waals surface area contributed by atoms with E-state index in [2.05, 4.69) is 4.98 Å². The molecule has 0 bridgehead atoms. The van der Waals surface area contributed by atoms with E-state index >= 15 is 0 Å². The highest BCUT2D eigenvalue weighted by molar-refractivity contribution is 5.84. The van der Waals surface area contributed by atoms with Crippen LogP contribution in [0.3, 0.4) is 0 Å². The third-order valence-electron chi connectivity index (χ3n) is 3.43. The maximum absolute atomic E-state index is 11.3. The number of nitrogens with zero attached hydrogens (tertiary/aromatic N) is 2. The molecule has 3 aromatic rings. The van der Waals surface area contributed by atoms with E-state index in [0.717, 1.165) is 23.1 Å². The van der Waals surface area contributed by atoms with Gasteiger partial charge in [0.25, 0.3) is 0 Å². The van der Waals surface area contributed by atoms with Crippen molar-refractivity contribution in [2.24, 2.45) is 0 Å². The van der Waals surface area contributed by atoms with Gasteiger partial charge in [0.05, 0.1) is 0 Å². The first-order chi connectivity index (χ1) is 10.7. The van der Waals surface area contributed by atoms with Crippen LogP contribution in [0.25, 0.3) is 22.8 Å². The number of benzene rings is 2. The van der Waals surface area contributed by atoms with Gasteiger partial charge in [-0.25, -0.2) is 4.98 Å². The highest BCUT2D eigenvalue weighted by atomic mass is 16.4. The molecule has 0 spiro atoms. The maximum Gasteiger partial charge on any atom is 0.227 e. The third-order valence-corrected chi connectivity index (χ3v) is 3.43. The van der Waals surface area contributed by atoms with Crippen LogP contribution >= 0.6 is 0 Å². The number of hydrogen-bond acceptors (Lipinski definition) is 4. The van der Waals surface area contributed by atoms with Gasteiger partial charge in [-0.3, -0.25) is 4.79 Å². The number of hydrogen-bond donors (Lipinski definition) is 0. The minimum atomic E-state index is 0.316. The summed E-state index contributed by atoms with van der Waals surface area (Å²) in [7, 11) is 3.96. The molecule has 0 N–H and O–H groups in total. The lowest BCUT2D eigenvalue weighted by Gasteiger charge is -2.12. The standard InChI is InChI=1S/C18H16N2O2/c1-20(2)15-10-8-13(9-11-15)17-16(12-21)19-18(22-17)14-6-4-3-5-7-14/h3-12H,1-2H3. The zero-order chi connectivity index (χ0) is 15.5. The van der Waals surface area contributed by atoms with Crippen molar-refractivity contribution in [2.45, 2.75) is 0 Å². The number of aromatic nitrogens is 1. The maximum atomic E-state index is 11.3. The highest BCUT2D eigenvalue weighted by Gasteiger charge is 2.15. The average Bonchev–Trinajstić information content (AvgIpc) is 3.00. The zero-order valence-electron chi connectivity index (χ0n) is 12.5. The molecule has 4 heteroatoms. The molecule has 0 saturated carbocycles. The first kappa shape index (κ1) is 14.1. The Kier molecular flexibility index (Phi) is 3.74. The predicted octanol–water partition coefficient (Wildman–Crippen LogP) is 3.89. The van der Waals surface area contributed by atoms with Gasteiger partial charge in [0.15, 0.2) is 17.7 Å². The van der Waals surface area contributed by atoms with Crippen LogP contribution in [0.15, 0.2) is 59.0 Å². The van der Waals surface area contributed by atoms with Crippen molar-refractivity contribution >= 4 is 12.0 Å². The summed E-state index contributed by atoms with van der Waals surface area (Å²) >= 11 is 0. The lowest BCUT2D eigenvalue weighted by atomic mass is 10.1. The Labute approximate surface area is 129 Å². The van der Waals surface area contributed by atoms with Crippen molar-refractivity contribution < 1.29 is 9.21 Å². The summed E-state index contributed by atoms with van der Waals surface area (Å²) in [4.78, 5) is 17.6. The molecule has 3 rings (SSSR count). The molecule has 0 radical (unpaired) electrons. The van der Waals surface area contributed by atoms with E-state index in [9.17, 15) is 4.79 Å². The summed E-state index contributed by atoms with van der Waals surface area (Å²) in [6, 6.07) is 17.4. The zero-order valence-corrected chi connectivity index (χ0v) is 12.5. The Bertz CT molecular complexity index is 775. The predicted molar refractivity (Wildman–Crippen MR) is 87.1 cm³/mol. The summed E-state index contributed by atoms with van der Waals surface area (Å²) in [5, 5.41) is 0. The number of carbonyl (C=O) groups excluding carboxylic acids is 1. The molecule has 1 heterocycles. The van der Waals surface area contributed by atoms with Gasteiger partial charge in [0.2, 0.25) is 5.89 Å². The van der Waals surface area contributed by atoms with Crippen LogP contribution in [0, 0.1) is 0 Å². The van der Waals surface area contributed by atoms with Crippen molar-refractivity contribution in [2.75, 3.05) is 19.0 Å². The number of anilines is 1. The molecule has 1 aromatic heterocycles. The Morgan fingerprint density at radius 3 is 2.23 bits per heavy atom. The largest absolute Gasteiger partial charge is 0.435 e. The second-order valence-electron chi connectivity index (χ2n) is 5.16. The summed E-state index contributed by atoms with van der Waals surface area (Å²) in [6.45, 7) is 0. The highest BCUT2D eigenvalue weighted by Crippen LogP contribution is 2.30. The van der Waals surface area contributed by atoms with Crippen molar-refractivity contribution in [3.8, 4) is 22.8 Å². The molecule has 2 aromatic carbocycles.